The third-order valence-electron chi connectivity index (χ3n) is 3.14. The molecular formula is C15H26N2O2. The van der Waals surface area contributed by atoms with Crippen LogP contribution in [0.25, 0.3) is 0 Å². The third-order valence-corrected chi connectivity index (χ3v) is 3.14. The molecule has 1 aromatic rings. The van der Waals surface area contributed by atoms with Crippen molar-refractivity contribution in [3.8, 4) is 0 Å². The fourth-order valence-electron chi connectivity index (χ4n) is 2.19. The van der Waals surface area contributed by atoms with Gasteiger partial charge in [-0.1, -0.05) is 30.3 Å². The SMILES string of the molecule is COCC(CCCN)NC(CO)Cc1ccccc1. The second kappa shape index (κ2) is 9.92. The zero-order valence-electron chi connectivity index (χ0n) is 11.7. The topological polar surface area (TPSA) is 67.5 Å². The number of nitrogens with two attached hydrogens (primary N) is 1. The van der Waals surface area contributed by atoms with Gasteiger partial charge in [0.05, 0.1) is 13.2 Å². The quantitative estimate of drug-likeness (QED) is 0.589. The molecule has 0 amide bonds. The molecule has 0 aromatic heterocycles. The van der Waals surface area contributed by atoms with E-state index in [4.69, 9.17) is 10.5 Å². The van der Waals surface area contributed by atoms with Crippen LogP contribution >= 0.6 is 0 Å². The Morgan fingerprint density at radius 1 is 1.26 bits per heavy atom. The number of rotatable bonds is 10. The summed E-state index contributed by atoms with van der Waals surface area (Å²) in [5, 5.41) is 13.0. The van der Waals surface area contributed by atoms with E-state index in [9.17, 15) is 5.11 Å². The minimum atomic E-state index is 0.0559. The predicted octanol–water partition coefficient (Wildman–Crippen LogP) is 0.934. The van der Waals surface area contributed by atoms with Gasteiger partial charge in [-0.3, -0.25) is 0 Å². The van der Waals surface area contributed by atoms with Gasteiger partial charge in [0.15, 0.2) is 0 Å². The number of hydrogen-bond donors (Lipinski definition) is 3. The van der Waals surface area contributed by atoms with E-state index in [-0.39, 0.29) is 18.7 Å². The fraction of sp³-hybridized carbons (Fsp3) is 0.600. The molecule has 2 unspecified atom stereocenters. The van der Waals surface area contributed by atoms with Crippen LogP contribution in [0.5, 0.6) is 0 Å². The first-order valence-corrected chi connectivity index (χ1v) is 6.90. The van der Waals surface area contributed by atoms with Gasteiger partial charge in [0.2, 0.25) is 0 Å². The van der Waals surface area contributed by atoms with Gasteiger partial charge in [-0.25, -0.2) is 0 Å². The Balaban J connectivity index is 2.48. The number of aliphatic hydroxyl groups excluding tert-OH is 1. The average molecular weight is 266 g/mol. The van der Waals surface area contributed by atoms with Crippen LogP contribution < -0.4 is 11.1 Å². The Morgan fingerprint density at radius 3 is 2.58 bits per heavy atom. The molecule has 0 aliphatic heterocycles. The molecule has 4 nitrogen and oxygen atoms in total. The van der Waals surface area contributed by atoms with E-state index in [0.717, 1.165) is 19.3 Å². The molecular weight excluding hydrogens is 240 g/mol. The van der Waals surface area contributed by atoms with Crippen LogP contribution in [0.4, 0.5) is 0 Å². The van der Waals surface area contributed by atoms with Crippen molar-refractivity contribution < 1.29 is 9.84 Å². The summed E-state index contributed by atoms with van der Waals surface area (Å²) in [4.78, 5) is 0. The maximum Gasteiger partial charge on any atom is 0.0615 e. The maximum atomic E-state index is 9.50. The first-order chi connectivity index (χ1) is 9.30. The number of aliphatic hydroxyl groups is 1. The van der Waals surface area contributed by atoms with Crippen LogP contribution in [0.2, 0.25) is 0 Å². The summed E-state index contributed by atoms with van der Waals surface area (Å²) in [6.07, 6.45) is 2.75. The Labute approximate surface area is 116 Å². The van der Waals surface area contributed by atoms with Crippen molar-refractivity contribution in [3.63, 3.8) is 0 Å². The molecule has 0 aliphatic carbocycles. The Morgan fingerprint density at radius 2 is 2.00 bits per heavy atom. The van der Waals surface area contributed by atoms with Crippen molar-refractivity contribution in [1.29, 1.82) is 0 Å². The summed E-state index contributed by atoms with van der Waals surface area (Å²) >= 11 is 0. The van der Waals surface area contributed by atoms with Gasteiger partial charge in [-0.15, -0.1) is 0 Å². The molecule has 0 fully saturated rings. The lowest BCUT2D eigenvalue weighted by molar-refractivity contribution is 0.143. The van der Waals surface area contributed by atoms with Gasteiger partial charge < -0.3 is 20.9 Å². The molecule has 0 spiro atoms. The van der Waals surface area contributed by atoms with E-state index in [0.29, 0.717) is 13.2 Å². The van der Waals surface area contributed by atoms with Crippen LogP contribution in [-0.4, -0.2) is 44.1 Å². The lowest BCUT2D eigenvalue weighted by Crippen LogP contribution is -2.44. The van der Waals surface area contributed by atoms with Gasteiger partial charge in [-0.05, 0) is 31.4 Å². The van der Waals surface area contributed by atoms with Gasteiger partial charge in [0.25, 0.3) is 0 Å². The van der Waals surface area contributed by atoms with E-state index < -0.39 is 0 Å². The number of ether oxygens (including phenoxy) is 1. The van der Waals surface area contributed by atoms with Gasteiger partial charge in [-0.2, -0.15) is 0 Å². The van der Waals surface area contributed by atoms with E-state index in [1.807, 2.05) is 18.2 Å². The summed E-state index contributed by atoms with van der Waals surface area (Å²) in [5.41, 5.74) is 6.77. The lowest BCUT2D eigenvalue weighted by Gasteiger charge is -2.24. The summed E-state index contributed by atoms with van der Waals surface area (Å²) < 4.78 is 5.21. The van der Waals surface area contributed by atoms with Crippen LogP contribution in [0.15, 0.2) is 30.3 Å². The Bertz CT molecular complexity index is 319. The van der Waals surface area contributed by atoms with Crippen molar-refractivity contribution >= 4 is 0 Å². The minimum absolute atomic E-state index is 0.0559. The van der Waals surface area contributed by atoms with Crippen LogP contribution in [0, 0.1) is 0 Å². The highest BCUT2D eigenvalue weighted by molar-refractivity contribution is 5.15. The first kappa shape index (κ1) is 16.1. The van der Waals surface area contributed by atoms with Crippen molar-refractivity contribution in [2.75, 3.05) is 26.9 Å². The smallest absolute Gasteiger partial charge is 0.0615 e. The van der Waals surface area contributed by atoms with Crippen LogP contribution in [0.1, 0.15) is 18.4 Å². The predicted molar refractivity (Wildman–Crippen MR) is 78.1 cm³/mol. The second-order valence-electron chi connectivity index (χ2n) is 4.82. The molecule has 4 heteroatoms. The monoisotopic (exact) mass is 266 g/mol. The number of hydrogen-bond acceptors (Lipinski definition) is 4. The molecule has 1 rings (SSSR count). The van der Waals surface area contributed by atoms with Crippen molar-refractivity contribution in [2.45, 2.75) is 31.3 Å². The molecule has 0 aliphatic rings. The zero-order chi connectivity index (χ0) is 13.9. The molecule has 108 valence electrons. The van der Waals surface area contributed by atoms with Crippen molar-refractivity contribution in [3.05, 3.63) is 35.9 Å². The van der Waals surface area contributed by atoms with Gasteiger partial charge in [0.1, 0.15) is 0 Å². The summed E-state index contributed by atoms with van der Waals surface area (Å²) in [7, 11) is 1.70. The first-order valence-electron chi connectivity index (χ1n) is 6.90. The van der Waals surface area contributed by atoms with Crippen molar-refractivity contribution in [1.82, 2.24) is 5.32 Å². The highest BCUT2D eigenvalue weighted by Gasteiger charge is 2.14. The third kappa shape index (κ3) is 6.68. The number of methoxy groups -OCH3 is 1. The molecule has 2 atom stereocenters. The molecule has 19 heavy (non-hydrogen) atoms. The second-order valence-corrected chi connectivity index (χ2v) is 4.82. The van der Waals surface area contributed by atoms with Gasteiger partial charge in [0, 0.05) is 19.2 Å². The summed E-state index contributed by atoms with van der Waals surface area (Å²) in [6.45, 7) is 1.45. The summed E-state index contributed by atoms with van der Waals surface area (Å²) in [5.74, 6) is 0. The molecule has 0 radical (unpaired) electrons. The van der Waals surface area contributed by atoms with E-state index in [1.165, 1.54) is 5.56 Å². The zero-order valence-corrected chi connectivity index (χ0v) is 11.7. The molecule has 0 saturated carbocycles. The van der Waals surface area contributed by atoms with E-state index >= 15 is 0 Å². The van der Waals surface area contributed by atoms with Crippen molar-refractivity contribution in [2.24, 2.45) is 5.73 Å². The molecule has 4 N–H and O–H groups in total. The number of nitrogens with one attached hydrogen (secondary N) is 1. The molecule has 0 saturated heterocycles. The lowest BCUT2D eigenvalue weighted by atomic mass is 10.0. The summed E-state index contributed by atoms with van der Waals surface area (Å²) in [6, 6.07) is 10.5. The standard InChI is InChI=1S/C15H26N2O2/c1-19-12-14(8-5-9-16)17-15(11-18)10-13-6-3-2-4-7-13/h2-4,6-7,14-15,17-18H,5,8-12,16H2,1H3. The largest absolute Gasteiger partial charge is 0.395 e. The van der Waals surface area contributed by atoms with Crippen LogP contribution in [0.3, 0.4) is 0 Å². The fourth-order valence-corrected chi connectivity index (χ4v) is 2.19. The van der Waals surface area contributed by atoms with E-state index in [2.05, 4.69) is 17.4 Å². The normalized spacial score (nSPS) is 14.3. The van der Waals surface area contributed by atoms with Crippen LogP contribution in [-0.2, 0) is 11.2 Å². The highest BCUT2D eigenvalue weighted by atomic mass is 16.5. The van der Waals surface area contributed by atoms with E-state index in [1.54, 1.807) is 7.11 Å². The Hall–Kier alpha value is -0.940. The van der Waals surface area contributed by atoms with Gasteiger partial charge >= 0.3 is 0 Å². The molecule has 0 bridgehead atoms. The highest BCUT2D eigenvalue weighted by Crippen LogP contribution is 2.05. The average Bonchev–Trinajstić information content (AvgIpc) is 2.45. The molecule has 0 heterocycles. The molecule has 1 aromatic carbocycles. The Kier molecular flexibility index (Phi) is 8.41. The number of benzene rings is 1. The maximum absolute atomic E-state index is 9.50. The minimum Gasteiger partial charge on any atom is -0.395 e.